The molecule has 0 aliphatic rings. The Labute approximate surface area is 107 Å². The molecule has 3 nitrogen and oxygen atoms in total. The van der Waals surface area contributed by atoms with Crippen molar-refractivity contribution in [3.8, 4) is 0 Å². The average Bonchev–Trinajstić information content (AvgIpc) is 2.38. The Balaban J connectivity index is 2.22. The van der Waals surface area contributed by atoms with Crippen molar-refractivity contribution in [3.63, 3.8) is 0 Å². The van der Waals surface area contributed by atoms with Crippen LogP contribution in [-0.4, -0.2) is 12.2 Å². The first-order valence-electron chi connectivity index (χ1n) is 5.42. The number of nitrogens with one attached hydrogen (secondary N) is 1. The Morgan fingerprint density at radius 1 is 1.11 bits per heavy atom. The molecule has 2 aromatic carbocycles. The molecule has 19 heavy (non-hydrogen) atoms. The number of anilines is 1. The molecule has 0 aliphatic carbocycles. The van der Waals surface area contributed by atoms with Crippen molar-refractivity contribution in [2.75, 3.05) is 5.32 Å². The highest BCUT2D eigenvalue weighted by molar-refractivity contribution is 6.04. The molecule has 0 radical (unpaired) electrons. The van der Waals surface area contributed by atoms with Crippen molar-refractivity contribution in [3.05, 3.63) is 65.2 Å². The molecular weight excluding hydrogens is 252 g/mol. The summed E-state index contributed by atoms with van der Waals surface area (Å²) in [4.78, 5) is 22.4. The van der Waals surface area contributed by atoms with E-state index >= 15 is 0 Å². The Morgan fingerprint density at radius 3 is 2.58 bits per heavy atom. The second-order valence-electron chi connectivity index (χ2n) is 3.82. The molecule has 2 aromatic rings. The third-order valence-corrected chi connectivity index (χ3v) is 2.46. The van der Waals surface area contributed by atoms with E-state index in [1.165, 1.54) is 6.07 Å². The van der Waals surface area contributed by atoms with Gasteiger partial charge in [0, 0.05) is 17.3 Å². The second kappa shape index (κ2) is 5.39. The number of benzene rings is 2. The molecule has 0 bridgehead atoms. The van der Waals surface area contributed by atoms with E-state index in [2.05, 4.69) is 5.32 Å². The monoisotopic (exact) mass is 261 g/mol. The summed E-state index contributed by atoms with van der Waals surface area (Å²) < 4.78 is 26.1. The molecule has 1 N–H and O–H groups in total. The highest BCUT2D eigenvalue weighted by Gasteiger charge is 2.12. The number of carbonyl (C=O) groups excluding carboxylic acids is 2. The Morgan fingerprint density at radius 2 is 1.89 bits per heavy atom. The minimum atomic E-state index is -0.941. The van der Waals surface area contributed by atoms with Crippen LogP contribution in [0.2, 0.25) is 0 Å². The van der Waals surface area contributed by atoms with E-state index < -0.39 is 17.5 Å². The van der Waals surface area contributed by atoms with Gasteiger partial charge in [0.1, 0.15) is 17.9 Å². The smallest absolute Gasteiger partial charge is 0.258 e. The lowest BCUT2D eigenvalue weighted by Gasteiger charge is -2.06. The lowest BCUT2D eigenvalue weighted by atomic mass is 10.1. The molecule has 0 aliphatic heterocycles. The molecule has 0 unspecified atom stereocenters. The zero-order chi connectivity index (χ0) is 13.8. The molecule has 0 heterocycles. The summed E-state index contributed by atoms with van der Waals surface area (Å²) in [6.45, 7) is 0. The zero-order valence-electron chi connectivity index (χ0n) is 9.69. The molecule has 2 rings (SSSR count). The Kier molecular flexibility index (Phi) is 3.66. The van der Waals surface area contributed by atoms with Gasteiger partial charge in [-0.05, 0) is 24.3 Å². The molecule has 5 heteroatoms. The van der Waals surface area contributed by atoms with E-state index in [0.717, 1.165) is 12.1 Å². The van der Waals surface area contributed by atoms with Gasteiger partial charge < -0.3 is 5.32 Å². The third-order valence-electron chi connectivity index (χ3n) is 2.46. The summed E-state index contributed by atoms with van der Waals surface area (Å²) in [5.41, 5.74) is 0.480. The molecule has 0 fully saturated rings. The van der Waals surface area contributed by atoms with Crippen LogP contribution in [0.3, 0.4) is 0 Å². The highest BCUT2D eigenvalue weighted by atomic mass is 19.1. The lowest BCUT2D eigenvalue weighted by molar-refractivity contribution is 0.102. The summed E-state index contributed by atoms with van der Waals surface area (Å²) >= 11 is 0. The standard InChI is InChI=1S/C14H9F2NO2/c15-10-4-5-12(13(16)7-10)14(19)17-11-3-1-2-9(6-11)8-18/h1-8H,(H,17,19). The average molecular weight is 261 g/mol. The van der Waals surface area contributed by atoms with Crippen LogP contribution in [0.1, 0.15) is 20.7 Å². The van der Waals surface area contributed by atoms with Gasteiger partial charge in [0.05, 0.1) is 5.56 Å². The predicted octanol–water partition coefficient (Wildman–Crippen LogP) is 3.03. The molecular formula is C14H9F2NO2. The number of rotatable bonds is 3. The summed E-state index contributed by atoms with van der Waals surface area (Å²) in [6, 6.07) is 8.86. The summed E-state index contributed by atoms with van der Waals surface area (Å²) in [5.74, 6) is -2.40. The lowest BCUT2D eigenvalue weighted by Crippen LogP contribution is -2.14. The maximum atomic E-state index is 13.4. The number of hydrogen-bond donors (Lipinski definition) is 1. The van der Waals surface area contributed by atoms with E-state index in [1.807, 2.05) is 0 Å². The van der Waals surface area contributed by atoms with Crippen LogP contribution in [0, 0.1) is 11.6 Å². The normalized spacial score (nSPS) is 10.0. The quantitative estimate of drug-likeness (QED) is 0.863. The van der Waals surface area contributed by atoms with Crippen LogP contribution in [0.4, 0.5) is 14.5 Å². The topological polar surface area (TPSA) is 46.2 Å². The second-order valence-corrected chi connectivity index (χ2v) is 3.82. The van der Waals surface area contributed by atoms with E-state index in [0.29, 0.717) is 23.6 Å². The molecule has 0 saturated heterocycles. The number of hydrogen-bond acceptors (Lipinski definition) is 2. The first-order chi connectivity index (χ1) is 9.10. The Bertz CT molecular complexity index is 641. The summed E-state index contributed by atoms with van der Waals surface area (Å²) in [7, 11) is 0. The van der Waals surface area contributed by atoms with Crippen molar-refractivity contribution >= 4 is 17.9 Å². The summed E-state index contributed by atoms with van der Waals surface area (Å²) in [5, 5.41) is 2.43. The number of amides is 1. The maximum absolute atomic E-state index is 13.4. The van der Waals surface area contributed by atoms with Crippen molar-refractivity contribution < 1.29 is 18.4 Å². The molecule has 0 aromatic heterocycles. The van der Waals surface area contributed by atoms with Crippen LogP contribution in [0.5, 0.6) is 0 Å². The Hall–Kier alpha value is -2.56. The fraction of sp³-hybridized carbons (Fsp3) is 0. The van der Waals surface area contributed by atoms with E-state index in [1.54, 1.807) is 18.2 Å². The van der Waals surface area contributed by atoms with Crippen LogP contribution < -0.4 is 5.32 Å². The minimum Gasteiger partial charge on any atom is -0.322 e. The molecule has 0 atom stereocenters. The van der Waals surface area contributed by atoms with Gasteiger partial charge in [0.15, 0.2) is 0 Å². The predicted molar refractivity (Wildman–Crippen MR) is 66.1 cm³/mol. The van der Waals surface area contributed by atoms with Gasteiger partial charge in [-0.25, -0.2) is 8.78 Å². The van der Waals surface area contributed by atoms with Gasteiger partial charge in [0.2, 0.25) is 0 Å². The number of aldehydes is 1. The van der Waals surface area contributed by atoms with Gasteiger partial charge in [0.25, 0.3) is 5.91 Å². The van der Waals surface area contributed by atoms with Gasteiger partial charge in [-0.1, -0.05) is 12.1 Å². The van der Waals surface area contributed by atoms with Crippen molar-refractivity contribution in [2.45, 2.75) is 0 Å². The van der Waals surface area contributed by atoms with E-state index in [-0.39, 0.29) is 5.56 Å². The molecule has 0 saturated carbocycles. The van der Waals surface area contributed by atoms with Crippen LogP contribution in [0.25, 0.3) is 0 Å². The molecule has 1 amide bonds. The van der Waals surface area contributed by atoms with Gasteiger partial charge in [-0.3, -0.25) is 9.59 Å². The van der Waals surface area contributed by atoms with Gasteiger partial charge >= 0.3 is 0 Å². The zero-order valence-corrected chi connectivity index (χ0v) is 9.69. The van der Waals surface area contributed by atoms with Crippen LogP contribution >= 0.6 is 0 Å². The van der Waals surface area contributed by atoms with Crippen molar-refractivity contribution in [2.24, 2.45) is 0 Å². The highest BCUT2D eigenvalue weighted by Crippen LogP contribution is 2.14. The fourth-order valence-corrected chi connectivity index (χ4v) is 1.56. The SMILES string of the molecule is O=Cc1cccc(NC(=O)c2ccc(F)cc2F)c1. The van der Waals surface area contributed by atoms with Crippen molar-refractivity contribution in [1.29, 1.82) is 0 Å². The summed E-state index contributed by atoms with van der Waals surface area (Å²) in [6.07, 6.45) is 0.633. The van der Waals surface area contributed by atoms with Crippen LogP contribution in [0.15, 0.2) is 42.5 Å². The van der Waals surface area contributed by atoms with Crippen molar-refractivity contribution in [1.82, 2.24) is 0 Å². The molecule has 96 valence electrons. The van der Waals surface area contributed by atoms with Gasteiger partial charge in [-0.15, -0.1) is 0 Å². The number of carbonyl (C=O) groups is 2. The largest absolute Gasteiger partial charge is 0.322 e. The fourth-order valence-electron chi connectivity index (χ4n) is 1.56. The maximum Gasteiger partial charge on any atom is 0.258 e. The first-order valence-corrected chi connectivity index (χ1v) is 5.42. The van der Waals surface area contributed by atoms with E-state index in [4.69, 9.17) is 0 Å². The number of halogens is 2. The molecule has 0 spiro atoms. The first kappa shape index (κ1) is 12.9. The minimum absolute atomic E-state index is 0.266. The van der Waals surface area contributed by atoms with E-state index in [9.17, 15) is 18.4 Å². The third kappa shape index (κ3) is 3.01. The van der Waals surface area contributed by atoms with Gasteiger partial charge in [-0.2, -0.15) is 0 Å². The van der Waals surface area contributed by atoms with Crippen LogP contribution in [-0.2, 0) is 0 Å².